The van der Waals surface area contributed by atoms with Crippen molar-refractivity contribution in [2.45, 2.75) is 32.5 Å². The molecule has 11 nitrogen and oxygen atoms in total. The quantitative estimate of drug-likeness (QED) is 0.209. The maximum Gasteiger partial charge on any atom is 0.508 e. The Morgan fingerprint density at radius 2 is 1.80 bits per heavy atom. The zero-order chi connectivity index (χ0) is 29.6. The van der Waals surface area contributed by atoms with Gasteiger partial charge in [-0.15, -0.1) is 0 Å². The zero-order valence-electron chi connectivity index (χ0n) is 23.2. The Hall–Kier alpha value is -4.45. The molecule has 1 aromatic heterocycles. The Morgan fingerprint density at radius 1 is 1.12 bits per heavy atom. The number of anilines is 1. The molecule has 0 saturated carbocycles. The molecule has 1 unspecified atom stereocenters. The van der Waals surface area contributed by atoms with Crippen LogP contribution in [0.3, 0.4) is 0 Å². The largest absolute Gasteiger partial charge is 0.508 e. The molecule has 0 fully saturated rings. The van der Waals surface area contributed by atoms with E-state index in [0.29, 0.717) is 16.8 Å². The van der Waals surface area contributed by atoms with Gasteiger partial charge in [0.25, 0.3) is 5.91 Å². The first kappa shape index (κ1) is 30.1. The van der Waals surface area contributed by atoms with Crippen molar-refractivity contribution >= 4 is 23.5 Å². The Bertz CT molecular complexity index is 1360. The van der Waals surface area contributed by atoms with Gasteiger partial charge in [-0.05, 0) is 39.0 Å². The maximum atomic E-state index is 14.9. The van der Waals surface area contributed by atoms with Gasteiger partial charge < -0.3 is 34.1 Å². The first-order chi connectivity index (χ1) is 18.8. The van der Waals surface area contributed by atoms with Gasteiger partial charge in [-0.1, -0.05) is 17.3 Å². The first-order valence-electron chi connectivity index (χ1n) is 12.3. The third kappa shape index (κ3) is 7.79. The standard InChI is InChI=1S/C28H33FN4O7/c1-28(2,3)39-27(35)38-15-18(36-6)14-37-23-12-21(30)19(11-20(23)29)25(31)24-13-22(32-40-24)16-7-9-17(10-8-16)26(34)33(4)5/h7-13,18,31H,14-15,30H2,1-6H3. The summed E-state index contributed by atoms with van der Waals surface area (Å²) in [5.74, 6) is -0.996. The van der Waals surface area contributed by atoms with Gasteiger partial charge in [-0.2, -0.15) is 0 Å². The number of hydrogen-bond donors (Lipinski definition) is 2. The van der Waals surface area contributed by atoms with Crippen molar-refractivity contribution in [3.8, 4) is 17.0 Å². The van der Waals surface area contributed by atoms with E-state index in [4.69, 9.17) is 34.6 Å². The molecule has 12 heteroatoms. The van der Waals surface area contributed by atoms with Crippen LogP contribution < -0.4 is 10.5 Å². The first-order valence-corrected chi connectivity index (χ1v) is 12.3. The minimum absolute atomic E-state index is 0.0713. The van der Waals surface area contributed by atoms with Crippen LogP contribution in [0, 0.1) is 11.2 Å². The molecule has 3 aromatic rings. The maximum absolute atomic E-state index is 14.9. The fourth-order valence-electron chi connectivity index (χ4n) is 3.41. The van der Waals surface area contributed by atoms with Crippen LogP contribution in [0.1, 0.15) is 42.5 Å². The minimum atomic E-state index is -0.861. The Labute approximate surface area is 231 Å². The van der Waals surface area contributed by atoms with Crippen molar-refractivity contribution in [1.29, 1.82) is 5.41 Å². The number of rotatable bonds is 10. The highest BCUT2D eigenvalue weighted by atomic mass is 19.1. The fraction of sp³-hybridized carbons (Fsp3) is 0.357. The summed E-state index contributed by atoms with van der Waals surface area (Å²) < 4.78 is 41.0. The second kappa shape index (κ2) is 12.6. The van der Waals surface area contributed by atoms with E-state index in [-0.39, 0.29) is 47.6 Å². The molecule has 0 aliphatic rings. The molecule has 0 radical (unpaired) electrons. The molecule has 1 atom stereocenters. The number of carbonyl (C=O) groups is 2. The predicted octanol–water partition coefficient (Wildman–Crippen LogP) is 4.53. The smallest absolute Gasteiger partial charge is 0.488 e. The van der Waals surface area contributed by atoms with Crippen LogP contribution in [0.25, 0.3) is 11.3 Å². The minimum Gasteiger partial charge on any atom is -0.488 e. The summed E-state index contributed by atoms with van der Waals surface area (Å²) in [5, 5.41) is 12.5. The van der Waals surface area contributed by atoms with Crippen LogP contribution in [0.15, 0.2) is 47.0 Å². The second-order valence-electron chi connectivity index (χ2n) is 10.0. The van der Waals surface area contributed by atoms with E-state index in [2.05, 4.69) is 5.16 Å². The van der Waals surface area contributed by atoms with Crippen LogP contribution >= 0.6 is 0 Å². The third-order valence-electron chi connectivity index (χ3n) is 5.50. The molecule has 1 heterocycles. The number of nitrogen functional groups attached to an aromatic ring is 1. The van der Waals surface area contributed by atoms with Crippen molar-refractivity contribution in [2.75, 3.05) is 40.2 Å². The van der Waals surface area contributed by atoms with Crippen LogP contribution in [0.4, 0.5) is 14.9 Å². The monoisotopic (exact) mass is 556 g/mol. The van der Waals surface area contributed by atoms with Gasteiger partial charge in [-0.3, -0.25) is 10.2 Å². The van der Waals surface area contributed by atoms with Crippen molar-refractivity contribution < 1.29 is 37.5 Å². The molecule has 1 amide bonds. The number of hydrogen-bond acceptors (Lipinski definition) is 10. The van der Waals surface area contributed by atoms with Gasteiger partial charge in [0, 0.05) is 55.7 Å². The number of amides is 1. The lowest BCUT2D eigenvalue weighted by Crippen LogP contribution is -2.30. The van der Waals surface area contributed by atoms with E-state index in [0.717, 1.165) is 6.07 Å². The fourth-order valence-corrected chi connectivity index (χ4v) is 3.41. The van der Waals surface area contributed by atoms with E-state index < -0.39 is 23.7 Å². The molecule has 0 aliphatic carbocycles. The SMILES string of the molecule is COC(COC(=O)OC(C)(C)C)COc1cc(N)c(C(=N)c2cc(-c3ccc(C(=O)N(C)C)cc3)no2)cc1F. The topological polar surface area (TPSA) is 150 Å². The highest BCUT2D eigenvalue weighted by Gasteiger charge is 2.22. The Balaban J connectivity index is 1.66. The summed E-state index contributed by atoms with van der Waals surface area (Å²) in [6.07, 6.45) is -1.56. The Morgan fingerprint density at radius 3 is 2.40 bits per heavy atom. The number of benzene rings is 2. The predicted molar refractivity (Wildman–Crippen MR) is 145 cm³/mol. The van der Waals surface area contributed by atoms with Gasteiger partial charge >= 0.3 is 6.16 Å². The second-order valence-corrected chi connectivity index (χ2v) is 10.0. The molecule has 3 N–H and O–H groups in total. The summed E-state index contributed by atoms with van der Waals surface area (Å²) in [4.78, 5) is 25.3. The molecule has 0 saturated heterocycles. The van der Waals surface area contributed by atoms with Gasteiger partial charge in [0.15, 0.2) is 17.3 Å². The number of nitrogens with zero attached hydrogens (tertiary/aromatic N) is 2. The highest BCUT2D eigenvalue weighted by Crippen LogP contribution is 2.28. The molecule has 3 rings (SSSR count). The molecule has 0 spiro atoms. The van der Waals surface area contributed by atoms with Crippen LogP contribution in [0.5, 0.6) is 5.75 Å². The number of ether oxygens (including phenoxy) is 4. The Kier molecular flexibility index (Phi) is 9.48. The highest BCUT2D eigenvalue weighted by molar-refractivity contribution is 6.12. The lowest BCUT2D eigenvalue weighted by molar-refractivity contribution is -0.0407. The van der Waals surface area contributed by atoms with E-state index in [9.17, 15) is 14.0 Å². The summed E-state index contributed by atoms with van der Waals surface area (Å²) in [5.41, 5.74) is 6.99. The number of nitrogens with one attached hydrogen (secondary N) is 1. The van der Waals surface area contributed by atoms with Gasteiger partial charge in [0.2, 0.25) is 0 Å². The average Bonchev–Trinajstić information content (AvgIpc) is 3.39. The van der Waals surface area contributed by atoms with Crippen LogP contribution in [0.2, 0.25) is 0 Å². The van der Waals surface area contributed by atoms with Crippen molar-refractivity contribution in [1.82, 2.24) is 10.1 Å². The van der Waals surface area contributed by atoms with Gasteiger partial charge in [0.1, 0.15) is 36.3 Å². The van der Waals surface area contributed by atoms with E-state index in [1.165, 1.54) is 24.1 Å². The number of carbonyl (C=O) groups excluding carboxylic acids is 2. The average molecular weight is 557 g/mol. The number of aromatic nitrogens is 1. The molecule has 0 aliphatic heterocycles. The summed E-state index contributed by atoms with van der Waals surface area (Å²) in [6.45, 7) is 4.80. The molecule has 214 valence electrons. The molecule has 2 aromatic carbocycles. The summed E-state index contributed by atoms with van der Waals surface area (Å²) >= 11 is 0. The normalized spacial score (nSPS) is 12.0. The summed E-state index contributed by atoms with van der Waals surface area (Å²) in [6, 6.07) is 10.6. The van der Waals surface area contributed by atoms with Crippen molar-refractivity contribution in [3.05, 3.63) is 65.2 Å². The summed E-state index contributed by atoms with van der Waals surface area (Å²) in [7, 11) is 4.73. The zero-order valence-corrected chi connectivity index (χ0v) is 23.2. The van der Waals surface area contributed by atoms with E-state index >= 15 is 0 Å². The van der Waals surface area contributed by atoms with Crippen LogP contribution in [-0.2, 0) is 14.2 Å². The lowest BCUT2D eigenvalue weighted by atomic mass is 10.0. The van der Waals surface area contributed by atoms with Gasteiger partial charge in [0.05, 0.1) is 0 Å². The number of nitrogens with two attached hydrogens (primary N) is 1. The van der Waals surface area contributed by atoms with E-state index in [1.54, 1.807) is 59.1 Å². The van der Waals surface area contributed by atoms with Crippen molar-refractivity contribution in [2.24, 2.45) is 0 Å². The lowest BCUT2D eigenvalue weighted by Gasteiger charge is -2.21. The number of halogens is 1. The molecule has 0 bridgehead atoms. The van der Waals surface area contributed by atoms with Gasteiger partial charge in [-0.25, -0.2) is 9.18 Å². The molecule has 40 heavy (non-hydrogen) atoms. The molecular formula is C28H33FN4O7. The molecular weight excluding hydrogens is 523 g/mol. The van der Waals surface area contributed by atoms with Crippen LogP contribution in [-0.4, -0.2) is 74.0 Å². The number of methoxy groups -OCH3 is 1. The third-order valence-corrected chi connectivity index (χ3v) is 5.50. The van der Waals surface area contributed by atoms with E-state index in [1.807, 2.05) is 0 Å². The van der Waals surface area contributed by atoms with Crippen molar-refractivity contribution in [3.63, 3.8) is 0 Å².